The molecule has 1 aliphatic rings. The van der Waals surface area contributed by atoms with Crippen molar-refractivity contribution in [1.82, 2.24) is 0 Å². The Bertz CT molecular complexity index is 754. The highest BCUT2D eigenvalue weighted by Crippen LogP contribution is 2.35. The van der Waals surface area contributed by atoms with Crippen LogP contribution in [0.4, 0.5) is 5.69 Å². The van der Waals surface area contributed by atoms with Gasteiger partial charge >= 0.3 is 0 Å². The molecule has 1 aliphatic heterocycles. The van der Waals surface area contributed by atoms with E-state index in [1.54, 1.807) is 24.3 Å². The summed E-state index contributed by atoms with van der Waals surface area (Å²) in [6.45, 7) is 2.43. The van der Waals surface area contributed by atoms with Crippen LogP contribution in [-0.2, 0) is 16.4 Å². The second-order valence-electron chi connectivity index (χ2n) is 4.86. The molecule has 0 N–H and O–H groups in total. The highest BCUT2D eigenvalue weighted by molar-refractivity contribution is 7.92. The number of benzene rings is 2. The molecule has 0 aromatic heterocycles. The number of hydrogen-bond donors (Lipinski definition) is 0. The zero-order valence-electron chi connectivity index (χ0n) is 11.0. The normalized spacial score (nSPS) is 14.4. The molecular weight excluding hydrogens is 294 g/mol. The Hall–Kier alpha value is -1.52. The van der Waals surface area contributed by atoms with Gasteiger partial charge in [-0.2, -0.15) is 0 Å². The Morgan fingerprint density at radius 1 is 1.10 bits per heavy atom. The minimum absolute atomic E-state index is 0.276. The molecule has 0 spiro atoms. The van der Waals surface area contributed by atoms with Gasteiger partial charge in [-0.15, -0.1) is 0 Å². The second kappa shape index (κ2) is 4.79. The summed E-state index contributed by atoms with van der Waals surface area (Å²) >= 11 is 5.82. The van der Waals surface area contributed by atoms with Crippen LogP contribution < -0.4 is 4.31 Å². The molecule has 0 unspecified atom stereocenters. The lowest BCUT2D eigenvalue weighted by atomic mass is 10.1. The van der Waals surface area contributed by atoms with Crippen LogP contribution in [0.5, 0.6) is 0 Å². The number of anilines is 1. The first-order chi connectivity index (χ1) is 9.50. The summed E-state index contributed by atoms with van der Waals surface area (Å²) in [5.41, 5.74) is 2.89. The van der Waals surface area contributed by atoms with Gasteiger partial charge in [-0.1, -0.05) is 29.8 Å². The molecule has 0 radical (unpaired) electrons. The number of para-hydroxylation sites is 1. The van der Waals surface area contributed by atoms with E-state index < -0.39 is 10.0 Å². The lowest BCUT2D eigenvalue weighted by molar-refractivity contribution is 0.592. The van der Waals surface area contributed by atoms with Crippen molar-refractivity contribution in [2.75, 3.05) is 10.8 Å². The Morgan fingerprint density at radius 2 is 1.80 bits per heavy atom. The zero-order valence-corrected chi connectivity index (χ0v) is 12.6. The van der Waals surface area contributed by atoms with Gasteiger partial charge in [0.25, 0.3) is 10.0 Å². The Labute approximate surface area is 123 Å². The maximum atomic E-state index is 12.7. The maximum Gasteiger partial charge on any atom is 0.264 e. The van der Waals surface area contributed by atoms with E-state index in [2.05, 4.69) is 0 Å². The first kappa shape index (κ1) is 13.5. The van der Waals surface area contributed by atoms with Crippen LogP contribution in [0.3, 0.4) is 0 Å². The molecule has 2 aromatic rings. The van der Waals surface area contributed by atoms with Gasteiger partial charge in [0.15, 0.2) is 0 Å². The van der Waals surface area contributed by atoms with Crippen LogP contribution in [0.2, 0.25) is 5.02 Å². The summed E-state index contributed by atoms with van der Waals surface area (Å²) in [5, 5.41) is 0.530. The number of halogens is 1. The van der Waals surface area contributed by atoms with E-state index in [-0.39, 0.29) is 4.90 Å². The monoisotopic (exact) mass is 307 g/mol. The van der Waals surface area contributed by atoms with E-state index in [1.807, 2.05) is 25.1 Å². The molecule has 0 amide bonds. The minimum Gasteiger partial charge on any atom is -0.265 e. The van der Waals surface area contributed by atoms with E-state index in [0.717, 1.165) is 23.2 Å². The molecule has 0 aliphatic carbocycles. The van der Waals surface area contributed by atoms with E-state index in [4.69, 9.17) is 11.6 Å². The van der Waals surface area contributed by atoms with Gasteiger partial charge in [0.05, 0.1) is 10.6 Å². The van der Waals surface area contributed by atoms with Gasteiger partial charge in [0, 0.05) is 11.6 Å². The Balaban J connectivity index is 2.09. The highest BCUT2D eigenvalue weighted by atomic mass is 35.5. The number of rotatable bonds is 2. The van der Waals surface area contributed by atoms with Crippen LogP contribution in [0, 0.1) is 6.92 Å². The molecule has 104 valence electrons. The van der Waals surface area contributed by atoms with Crippen molar-refractivity contribution in [2.24, 2.45) is 0 Å². The van der Waals surface area contributed by atoms with Crippen molar-refractivity contribution < 1.29 is 8.42 Å². The van der Waals surface area contributed by atoms with Gasteiger partial charge < -0.3 is 0 Å². The van der Waals surface area contributed by atoms with Gasteiger partial charge in [-0.05, 0) is 48.7 Å². The smallest absolute Gasteiger partial charge is 0.264 e. The molecule has 3 rings (SSSR count). The predicted molar refractivity (Wildman–Crippen MR) is 80.9 cm³/mol. The van der Waals surface area contributed by atoms with Crippen LogP contribution in [0.1, 0.15) is 11.1 Å². The Morgan fingerprint density at radius 3 is 2.50 bits per heavy atom. The van der Waals surface area contributed by atoms with Crippen LogP contribution in [0.15, 0.2) is 47.4 Å². The third-order valence-electron chi connectivity index (χ3n) is 3.56. The van der Waals surface area contributed by atoms with Crippen LogP contribution in [0.25, 0.3) is 0 Å². The fraction of sp³-hybridized carbons (Fsp3) is 0.200. The molecule has 1 heterocycles. The topological polar surface area (TPSA) is 37.4 Å². The first-order valence-electron chi connectivity index (χ1n) is 6.37. The van der Waals surface area contributed by atoms with Crippen LogP contribution in [-0.4, -0.2) is 15.0 Å². The van der Waals surface area contributed by atoms with Gasteiger partial charge in [0.2, 0.25) is 0 Å². The SMILES string of the molecule is Cc1cccc2c1N(S(=O)(=O)c1ccc(Cl)cc1)CC2. The molecule has 0 saturated carbocycles. The third kappa shape index (κ3) is 2.09. The summed E-state index contributed by atoms with van der Waals surface area (Å²) in [7, 11) is -3.52. The summed E-state index contributed by atoms with van der Waals surface area (Å²) in [5.74, 6) is 0. The van der Waals surface area contributed by atoms with E-state index in [1.165, 1.54) is 4.31 Å². The van der Waals surface area contributed by atoms with Gasteiger partial charge in [0.1, 0.15) is 0 Å². The standard InChI is InChI=1S/C15H14ClNO2S/c1-11-3-2-4-12-9-10-17(15(11)12)20(18,19)14-7-5-13(16)6-8-14/h2-8H,9-10H2,1H3. The van der Waals surface area contributed by atoms with E-state index in [9.17, 15) is 8.42 Å². The van der Waals surface area contributed by atoms with Crippen molar-refractivity contribution >= 4 is 27.3 Å². The summed E-state index contributed by atoms with van der Waals surface area (Å²) in [6, 6.07) is 12.2. The van der Waals surface area contributed by atoms with Gasteiger partial charge in [-0.25, -0.2) is 8.42 Å². The second-order valence-corrected chi connectivity index (χ2v) is 7.16. The van der Waals surface area contributed by atoms with Gasteiger partial charge in [-0.3, -0.25) is 4.31 Å². The zero-order chi connectivity index (χ0) is 14.3. The quantitative estimate of drug-likeness (QED) is 0.852. The average molecular weight is 308 g/mol. The van der Waals surface area contributed by atoms with Crippen molar-refractivity contribution in [2.45, 2.75) is 18.2 Å². The fourth-order valence-corrected chi connectivity index (χ4v) is 4.28. The first-order valence-corrected chi connectivity index (χ1v) is 8.19. The van der Waals surface area contributed by atoms with E-state index in [0.29, 0.717) is 11.6 Å². The fourth-order valence-electron chi connectivity index (χ4n) is 2.59. The number of nitrogens with zero attached hydrogens (tertiary/aromatic N) is 1. The van der Waals surface area contributed by atoms with Crippen molar-refractivity contribution in [3.05, 3.63) is 58.6 Å². The molecule has 0 saturated heterocycles. The van der Waals surface area contributed by atoms with E-state index >= 15 is 0 Å². The maximum absolute atomic E-state index is 12.7. The molecule has 0 atom stereocenters. The van der Waals surface area contributed by atoms with Crippen molar-refractivity contribution in [3.8, 4) is 0 Å². The Kier molecular flexibility index (Phi) is 3.22. The summed E-state index contributed by atoms with van der Waals surface area (Å²) in [6.07, 6.45) is 0.754. The molecule has 0 fully saturated rings. The van der Waals surface area contributed by atoms with Crippen molar-refractivity contribution in [3.63, 3.8) is 0 Å². The lowest BCUT2D eigenvalue weighted by Gasteiger charge is -2.21. The highest BCUT2D eigenvalue weighted by Gasteiger charge is 2.31. The van der Waals surface area contributed by atoms with Crippen molar-refractivity contribution in [1.29, 1.82) is 0 Å². The molecule has 5 heteroatoms. The molecular formula is C15H14ClNO2S. The lowest BCUT2D eigenvalue weighted by Crippen LogP contribution is -2.29. The molecule has 3 nitrogen and oxygen atoms in total. The molecule has 2 aromatic carbocycles. The minimum atomic E-state index is -3.52. The number of sulfonamides is 1. The summed E-state index contributed by atoms with van der Waals surface area (Å²) < 4.78 is 27.0. The number of hydrogen-bond acceptors (Lipinski definition) is 2. The molecule has 0 bridgehead atoms. The average Bonchev–Trinajstić information content (AvgIpc) is 2.85. The third-order valence-corrected chi connectivity index (χ3v) is 5.62. The molecule has 20 heavy (non-hydrogen) atoms. The van der Waals surface area contributed by atoms with Crippen LogP contribution >= 0.6 is 11.6 Å². The number of aryl methyl sites for hydroxylation is 1. The predicted octanol–water partition coefficient (Wildman–Crippen LogP) is 3.40. The number of fused-ring (bicyclic) bond motifs is 1. The largest absolute Gasteiger partial charge is 0.265 e. The summed E-state index contributed by atoms with van der Waals surface area (Å²) in [4.78, 5) is 0.276.